The van der Waals surface area contributed by atoms with Gasteiger partial charge in [-0.05, 0) is 38.3 Å². The number of methoxy groups -OCH3 is 1. The number of hydrogen-bond acceptors (Lipinski definition) is 4. The van der Waals surface area contributed by atoms with Crippen LogP contribution in [0.4, 0.5) is 0 Å². The minimum atomic E-state index is 0.264. The molecule has 1 heterocycles. The van der Waals surface area contributed by atoms with E-state index in [0.717, 1.165) is 31.0 Å². The van der Waals surface area contributed by atoms with Crippen LogP contribution in [0.1, 0.15) is 36.4 Å². The molecule has 4 heteroatoms. The maximum Gasteiger partial charge on any atom is 0.172 e. The molecule has 18 heavy (non-hydrogen) atoms. The normalized spacial score (nSPS) is 11.4. The number of carbonyl (C=O) groups is 1. The molecule has 0 fully saturated rings. The summed E-state index contributed by atoms with van der Waals surface area (Å²) in [6.45, 7) is 6.99. The lowest BCUT2D eigenvalue weighted by Gasteiger charge is -2.25. The summed E-state index contributed by atoms with van der Waals surface area (Å²) < 4.78 is 5.10. The van der Waals surface area contributed by atoms with Gasteiger partial charge in [0.05, 0.1) is 11.5 Å². The van der Waals surface area contributed by atoms with Crippen molar-refractivity contribution < 1.29 is 9.53 Å². The highest BCUT2D eigenvalue weighted by molar-refractivity contribution is 7.12. The number of carbonyl (C=O) groups excluding carboxylic acids is 1. The van der Waals surface area contributed by atoms with Gasteiger partial charge >= 0.3 is 0 Å². The monoisotopic (exact) mass is 269 g/mol. The molecule has 0 atom stereocenters. The largest absolute Gasteiger partial charge is 0.383 e. The molecule has 0 N–H and O–H groups in total. The highest BCUT2D eigenvalue weighted by Gasteiger charge is 2.11. The van der Waals surface area contributed by atoms with E-state index in [1.54, 1.807) is 7.11 Å². The van der Waals surface area contributed by atoms with Crippen LogP contribution in [-0.2, 0) is 4.74 Å². The molecule has 0 bridgehead atoms. The molecular weight excluding hydrogens is 246 g/mol. The van der Waals surface area contributed by atoms with E-state index in [2.05, 4.69) is 18.7 Å². The van der Waals surface area contributed by atoms with E-state index >= 15 is 0 Å². The third-order valence-corrected chi connectivity index (χ3v) is 3.87. The van der Waals surface area contributed by atoms with Gasteiger partial charge in [0.15, 0.2) is 5.78 Å². The number of nitrogens with zero attached hydrogens (tertiary/aromatic N) is 1. The number of Topliss-reactive ketones (excluding diaryl/α,β-unsaturated/α-hetero) is 1. The fourth-order valence-electron chi connectivity index (χ4n) is 1.84. The Bertz CT molecular complexity index is 336. The molecule has 1 aromatic heterocycles. The molecule has 0 unspecified atom stereocenters. The van der Waals surface area contributed by atoms with Crippen molar-refractivity contribution in [3.05, 3.63) is 22.4 Å². The molecule has 0 aliphatic heterocycles. The molecule has 0 amide bonds. The summed E-state index contributed by atoms with van der Waals surface area (Å²) in [5.41, 5.74) is 0. The van der Waals surface area contributed by atoms with Crippen molar-refractivity contribution in [2.75, 3.05) is 26.8 Å². The van der Waals surface area contributed by atoms with E-state index in [1.165, 1.54) is 11.3 Å². The number of rotatable bonds is 9. The van der Waals surface area contributed by atoms with E-state index in [-0.39, 0.29) is 5.78 Å². The maximum atomic E-state index is 11.8. The Balaban J connectivity index is 2.28. The van der Waals surface area contributed by atoms with Crippen molar-refractivity contribution in [2.45, 2.75) is 32.7 Å². The molecule has 0 aliphatic rings. The molecule has 0 radical (unpaired) electrons. The van der Waals surface area contributed by atoms with Gasteiger partial charge in [0, 0.05) is 26.1 Å². The predicted molar refractivity (Wildman–Crippen MR) is 76.5 cm³/mol. The number of ketones is 1. The zero-order valence-corrected chi connectivity index (χ0v) is 12.3. The lowest BCUT2D eigenvalue weighted by atomic mass is 10.1. The average Bonchev–Trinajstić information content (AvgIpc) is 2.86. The quantitative estimate of drug-likeness (QED) is 0.645. The van der Waals surface area contributed by atoms with Crippen molar-refractivity contribution in [2.24, 2.45) is 0 Å². The first-order valence-electron chi connectivity index (χ1n) is 6.45. The van der Waals surface area contributed by atoms with Crippen LogP contribution in [0.3, 0.4) is 0 Å². The van der Waals surface area contributed by atoms with Crippen molar-refractivity contribution in [3.8, 4) is 0 Å². The molecular formula is C14H23NO2S. The Labute approximate surface area is 114 Å². The first kappa shape index (κ1) is 15.3. The minimum absolute atomic E-state index is 0.264. The maximum absolute atomic E-state index is 11.8. The second-order valence-electron chi connectivity index (χ2n) is 4.63. The van der Waals surface area contributed by atoms with E-state index in [4.69, 9.17) is 4.74 Å². The van der Waals surface area contributed by atoms with Crippen molar-refractivity contribution in [1.82, 2.24) is 4.90 Å². The van der Waals surface area contributed by atoms with Crippen LogP contribution in [0, 0.1) is 0 Å². The first-order chi connectivity index (χ1) is 8.65. The fraction of sp³-hybridized carbons (Fsp3) is 0.643. The van der Waals surface area contributed by atoms with Crippen LogP contribution < -0.4 is 0 Å². The third kappa shape index (κ3) is 5.29. The molecule has 1 rings (SSSR count). The summed E-state index contributed by atoms with van der Waals surface area (Å²) in [4.78, 5) is 15.1. The lowest BCUT2D eigenvalue weighted by Crippen LogP contribution is -2.34. The molecule has 1 aromatic rings. The second-order valence-corrected chi connectivity index (χ2v) is 5.57. The second kappa shape index (κ2) is 8.40. The van der Waals surface area contributed by atoms with Gasteiger partial charge in [-0.3, -0.25) is 9.69 Å². The van der Waals surface area contributed by atoms with Gasteiger partial charge in [-0.2, -0.15) is 0 Å². The summed E-state index contributed by atoms with van der Waals surface area (Å²) in [5.74, 6) is 0.264. The Morgan fingerprint density at radius 1 is 1.44 bits per heavy atom. The van der Waals surface area contributed by atoms with Crippen molar-refractivity contribution >= 4 is 17.1 Å². The fourth-order valence-corrected chi connectivity index (χ4v) is 2.53. The SMILES string of the molecule is COCCN(CCCC(=O)c1cccs1)C(C)C. The molecule has 102 valence electrons. The Morgan fingerprint density at radius 3 is 2.78 bits per heavy atom. The van der Waals surface area contributed by atoms with Gasteiger partial charge in [0.2, 0.25) is 0 Å². The van der Waals surface area contributed by atoms with Crippen LogP contribution in [0.25, 0.3) is 0 Å². The van der Waals surface area contributed by atoms with Crippen LogP contribution in [0.15, 0.2) is 17.5 Å². The van der Waals surface area contributed by atoms with E-state index in [9.17, 15) is 4.79 Å². The van der Waals surface area contributed by atoms with Gasteiger partial charge in [-0.15, -0.1) is 11.3 Å². The van der Waals surface area contributed by atoms with E-state index < -0.39 is 0 Å². The molecule has 0 aliphatic carbocycles. The zero-order valence-electron chi connectivity index (χ0n) is 11.5. The van der Waals surface area contributed by atoms with Crippen molar-refractivity contribution in [3.63, 3.8) is 0 Å². The molecule has 0 spiro atoms. The van der Waals surface area contributed by atoms with Crippen LogP contribution in [-0.4, -0.2) is 43.5 Å². The highest BCUT2D eigenvalue weighted by Crippen LogP contribution is 2.12. The van der Waals surface area contributed by atoms with Gasteiger partial charge < -0.3 is 4.74 Å². The standard InChI is InChI=1S/C14H23NO2S/c1-12(2)15(9-10-17-3)8-4-6-13(16)14-7-5-11-18-14/h5,7,11-12H,4,6,8-10H2,1-3H3. The lowest BCUT2D eigenvalue weighted by molar-refractivity contribution is 0.0965. The molecule has 0 saturated heterocycles. The van der Waals surface area contributed by atoms with Gasteiger partial charge in [0.1, 0.15) is 0 Å². The van der Waals surface area contributed by atoms with Crippen LogP contribution in [0.2, 0.25) is 0 Å². The summed E-state index contributed by atoms with van der Waals surface area (Å²) in [5, 5.41) is 1.95. The minimum Gasteiger partial charge on any atom is -0.383 e. The zero-order chi connectivity index (χ0) is 13.4. The van der Waals surface area contributed by atoms with E-state index in [0.29, 0.717) is 12.5 Å². The summed E-state index contributed by atoms with van der Waals surface area (Å²) >= 11 is 1.53. The number of ether oxygens (including phenoxy) is 1. The predicted octanol–water partition coefficient (Wildman–Crippen LogP) is 3.07. The van der Waals surface area contributed by atoms with Gasteiger partial charge in [0.25, 0.3) is 0 Å². The molecule has 0 saturated carbocycles. The topological polar surface area (TPSA) is 29.5 Å². The first-order valence-corrected chi connectivity index (χ1v) is 7.32. The highest BCUT2D eigenvalue weighted by atomic mass is 32.1. The smallest absolute Gasteiger partial charge is 0.172 e. The average molecular weight is 269 g/mol. The summed E-state index contributed by atoms with van der Waals surface area (Å²) in [6, 6.07) is 4.33. The Kier molecular flexibility index (Phi) is 7.16. The van der Waals surface area contributed by atoms with Crippen molar-refractivity contribution in [1.29, 1.82) is 0 Å². The van der Waals surface area contributed by atoms with Gasteiger partial charge in [-0.25, -0.2) is 0 Å². The molecule has 0 aromatic carbocycles. The number of hydrogen-bond donors (Lipinski definition) is 0. The van der Waals surface area contributed by atoms with Crippen LogP contribution >= 0.6 is 11.3 Å². The van der Waals surface area contributed by atoms with Gasteiger partial charge in [-0.1, -0.05) is 6.07 Å². The Hall–Kier alpha value is -0.710. The third-order valence-electron chi connectivity index (χ3n) is 2.96. The summed E-state index contributed by atoms with van der Waals surface area (Å²) in [6.07, 6.45) is 1.55. The van der Waals surface area contributed by atoms with Crippen LogP contribution in [0.5, 0.6) is 0 Å². The number of thiophene rings is 1. The summed E-state index contributed by atoms with van der Waals surface area (Å²) in [7, 11) is 1.72. The Morgan fingerprint density at radius 2 is 2.22 bits per heavy atom. The molecule has 3 nitrogen and oxygen atoms in total. The van der Waals surface area contributed by atoms with E-state index in [1.807, 2.05) is 17.5 Å².